The highest BCUT2D eigenvalue weighted by Gasteiger charge is 2.20. The molecule has 2 aromatic rings. The average molecular weight is 488 g/mol. The minimum atomic E-state index is -0.704. The van der Waals surface area contributed by atoms with Crippen LogP contribution in [0.25, 0.3) is 0 Å². The second kappa shape index (κ2) is 13.7. The molecule has 190 valence electrons. The molecule has 0 bridgehead atoms. The number of carbonyl (C=O) groups is 3. The highest BCUT2D eigenvalue weighted by atomic mass is 19.1. The molecule has 0 saturated carbocycles. The van der Waals surface area contributed by atoms with E-state index in [1.165, 1.54) is 12.1 Å². The van der Waals surface area contributed by atoms with Crippen LogP contribution < -0.4 is 10.6 Å². The lowest BCUT2D eigenvalue weighted by molar-refractivity contribution is -0.109. The van der Waals surface area contributed by atoms with Gasteiger partial charge in [-0.1, -0.05) is 13.8 Å². The zero-order chi connectivity index (χ0) is 26.0. The summed E-state index contributed by atoms with van der Waals surface area (Å²) in [6.07, 6.45) is 2.55. The Labute approximate surface area is 206 Å². The third kappa shape index (κ3) is 8.87. The Bertz CT molecular complexity index is 1000. The molecule has 0 radical (unpaired) electrons. The van der Waals surface area contributed by atoms with E-state index in [-0.39, 0.29) is 18.9 Å². The van der Waals surface area contributed by atoms with Gasteiger partial charge in [0.15, 0.2) is 0 Å². The smallest absolute Gasteiger partial charge is 0.253 e. The lowest BCUT2D eigenvalue weighted by Gasteiger charge is -2.23. The predicted octanol–water partition coefficient (Wildman–Crippen LogP) is 4.05. The summed E-state index contributed by atoms with van der Waals surface area (Å²) in [7, 11) is 0. The lowest BCUT2D eigenvalue weighted by atomic mass is 10.0. The molecule has 0 unspecified atom stereocenters. The Balaban J connectivity index is 2.26. The van der Waals surface area contributed by atoms with Crippen molar-refractivity contribution in [3.05, 3.63) is 70.3 Å². The van der Waals surface area contributed by atoms with Crippen LogP contribution in [0.4, 0.5) is 8.78 Å². The molecular weight excluding hydrogens is 452 g/mol. The Hall–Kier alpha value is -3.13. The molecule has 2 atom stereocenters. The number of nitrogens with zero attached hydrogens (tertiary/aromatic N) is 1. The predicted molar refractivity (Wildman–Crippen MR) is 133 cm³/mol. The van der Waals surface area contributed by atoms with Crippen LogP contribution in [-0.4, -0.2) is 54.7 Å². The zero-order valence-electron chi connectivity index (χ0n) is 20.9. The summed E-state index contributed by atoms with van der Waals surface area (Å²) >= 11 is 0. The van der Waals surface area contributed by atoms with Gasteiger partial charge in [-0.05, 0) is 74.6 Å². The van der Waals surface area contributed by atoms with E-state index in [4.69, 9.17) is 0 Å². The number of carbonyl (C=O) groups excluding carboxylic acids is 3. The van der Waals surface area contributed by atoms with Gasteiger partial charge in [0, 0.05) is 42.9 Å². The highest BCUT2D eigenvalue weighted by molar-refractivity contribution is 6.00. The number of hydrogen-bond donors (Lipinski definition) is 2. The monoisotopic (exact) mass is 487 g/mol. The number of hydrogen-bond acceptors (Lipinski definition) is 4. The molecular formula is C27H35F2N3O3. The maximum Gasteiger partial charge on any atom is 0.253 e. The molecule has 8 heteroatoms. The highest BCUT2D eigenvalue weighted by Crippen LogP contribution is 2.15. The van der Waals surface area contributed by atoms with Crippen molar-refractivity contribution in [3.8, 4) is 0 Å². The minimum Gasteiger partial charge on any atom is -0.348 e. The molecule has 0 spiro atoms. The first-order valence-corrected chi connectivity index (χ1v) is 12.0. The van der Waals surface area contributed by atoms with Crippen molar-refractivity contribution >= 4 is 18.1 Å². The van der Waals surface area contributed by atoms with Crippen LogP contribution in [0.2, 0.25) is 0 Å². The molecule has 0 fully saturated rings. The first-order valence-electron chi connectivity index (χ1n) is 12.0. The molecule has 2 rings (SSSR count). The van der Waals surface area contributed by atoms with E-state index in [1.54, 1.807) is 30.0 Å². The van der Waals surface area contributed by atoms with Gasteiger partial charge in [-0.2, -0.15) is 0 Å². The second-order valence-corrected chi connectivity index (χ2v) is 8.87. The van der Waals surface area contributed by atoms with Crippen molar-refractivity contribution in [2.75, 3.05) is 19.6 Å². The van der Waals surface area contributed by atoms with Crippen molar-refractivity contribution in [3.63, 3.8) is 0 Å². The molecule has 0 aliphatic carbocycles. The molecule has 0 heterocycles. The maximum atomic E-state index is 13.7. The quantitative estimate of drug-likeness (QED) is 0.418. The van der Waals surface area contributed by atoms with Crippen LogP contribution in [-0.2, 0) is 11.2 Å². The zero-order valence-corrected chi connectivity index (χ0v) is 20.9. The molecule has 0 aromatic heterocycles. The van der Waals surface area contributed by atoms with Crippen LogP contribution in [0, 0.1) is 18.6 Å². The van der Waals surface area contributed by atoms with Crippen molar-refractivity contribution in [2.45, 2.75) is 59.0 Å². The largest absolute Gasteiger partial charge is 0.348 e. The van der Waals surface area contributed by atoms with Crippen LogP contribution >= 0.6 is 0 Å². The van der Waals surface area contributed by atoms with E-state index < -0.39 is 29.6 Å². The van der Waals surface area contributed by atoms with Crippen LogP contribution in [0.3, 0.4) is 0 Å². The summed E-state index contributed by atoms with van der Waals surface area (Å²) in [5, 5.41) is 5.88. The number of amides is 2. The third-order valence-electron chi connectivity index (χ3n) is 5.49. The van der Waals surface area contributed by atoms with Crippen LogP contribution in [0.5, 0.6) is 0 Å². The molecule has 2 aromatic carbocycles. The molecule has 2 amide bonds. The first-order chi connectivity index (χ1) is 16.7. The van der Waals surface area contributed by atoms with Crippen molar-refractivity contribution in [1.29, 1.82) is 0 Å². The van der Waals surface area contributed by atoms with Gasteiger partial charge in [-0.15, -0.1) is 0 Å². The van der Waals surface area contributed by atoms with E-state index in [2.05, 4.69) is 10.6 Å². The van der Waals surface area contributed by atoms with Gasteiger partial charge >= 0.3 is 0 Å². The average Bonchev–Trinajstić information content (AvgIpc) is 2.80. The van der Waals surface area contributed by atoms with E-state index in [0.717, 1.165) is 30.8 Å². The topological polar surface area (TPSA) is 78.5 Å². The number of aryl methyl sites for hydroxylation is 1. The minimum absolute atomic E-state index is 0.125. The van der Waals surface area contributed by atoms with Crippen molar-refractivity contribution in [1.82, 2.24) is 15.5 Å². The summed E-state index contributed by atoms with van der Waals surface area (Å²) in [6.45, 7) is 8.99. The Morgan fingerprint density at radius 3 is 2.14 bits per heavy atom. The normalized spacial score (nSPS) is 12.6. The Morgan fingerprint density at radius 1 is 0.971 bits per heavy atom. The van der Waals surface area contributed by atoms with Gasteiger partial charge < -0.3 is 20.3 Å². The number of nitrogens with one attached hydrogen (secondary N) is 2. The van der Waals surface area contributed by atoms with E-state index in [0.29, 0.717) is 29.8 Å². The van der Waals surface area contributed by atoms with Gasteiger partial charge in [0.25, 0.3) is 11.8 Å². The molecule has 2 N–H and O–H groups in total. The van der Waals surface area contributed by atoms with Gasteiger partial charge in [0.1, 0.15) is 17.9 Å². The molecule has 0 aliphatic heterocycles. The summed E-state index contributed by atoms with van der Waals surface area (Å²) < 4.78 is 27.4. The summed E-state index contributed by atoms with van der Waals surface area (Å²) in [5.41, 5.74) is 1.90. The fourth-order valence-electron chi connectivity index (χ4n) is 3.91. The number of aldehydes is 1. The maximum absolute atomic E-state index is 13.7. The molecule has 0 saturated heterocycles. The van der Waals surface area contributed by atoms with E-state index in [1.807, 2.05) is 20.8 Å². The van der Waals surface area contributed by atoms with Crippen LogP contribution in [0.1, 0.15) is 65.5 Å². The molecule has 35 heavy (non-hydrogen) atoms. The second-order valence-electron chi connectivity index (χ2n) is 8.87. The SMILES string of the molecule is CCCN(CCC)C(=O)c1cc(C)cc(C(=O)N[C@H](CN[C@@H](C)C=O)Cc2cc(F)cc(F)c2)c1. The lowest BCUT2D eigenvalue weighted by Crippen LogP contribution is -2.46. The summed E-state index contributed by atoms with van der Waals surface area (Å²) in [4.78, 5) is 39.0. The van der Waals surface area contributed by atoms with Gasteiger partial charge in [0.2, 0.25) is 0 Å². The fraction of sp³-hybridized carbons (Fsp3) is 0.444. The summed E-state index contributed by atoms with van der Waals surface area (Å²) in [5.74, 6) is -1.95. The first kappa shape index (κ1) is 28.1. The van der Waals surface area contributed by atoms with Crippen molar-refractivity contribution in [2.24, 2.45) is 0 Å². The standard InChI is InChI=1S/C27H35F2N3O3/c1-5-7-32(8-6-2)27(35)22-10-18(3)9-21(14-22)26(34)31-25(16-30-19(4)17-33)13-20-11-23(28)15-24(29)12-20/h9-12,14-15,17,19,25,30H,5-8,13,16H2,1-4H3,(H,31,34)/t19-,25-/m0/s1. The Morgan fingerprint density at radius 2 is 1.57 bits per heavy atom. The van der Waals surface area contributed by atoms with Crippen LogP contribution in [0.15, 0.2) is 36.4 Å². The van der Waals surface area contributed by atoms with E-state index in [9.17, 15) is 23.2 Å². The fourth-order valence-corrected chi connectivity index (χ4v) is 3.91. The van der Waals surface area contributed by atoms with Gasteiger partial charge in [0.05, 0.1) is 6.04 Å². The Kier molecular flexibility index (Phi) is 11.0. The molecule has 0 aliphatic rings. The van der Waals surface area contributed by atoms with Crippen molar-refractivity contribution < 1.29 is 23.2 Å². The van der Waals surface area contributed by atoms with Gasteiger partial charge in [-0.3, -0.25) is 9.59 Å². The summed E-state index contributed by atoms with van der Waals surface area (Å²) in [6, 6.07) is 7.23. The number of benzene rings is 2. The number of rotatable bonds is 13. The third-order valence-corrected chi connectivity index (χ3v) is 5.49. The van der Waals surface area contributed by atoms with E-state index >= 15 is 0 Å². The van der Waals surface area contributed by atoms with Gasteiger partial charge in [-0.25, -0.2) is 8.78 Å². The number of halogens is 2. The molecule has 6 nitrogen and oxygen atoms in total.